The van der Waals surface area contributed by atoms with Crippen molar-refractivity contribution in [1.82, 2.24) is 9.97 Å². The van der Waals surface area contributed by atoms with Gasteiger partial charge in [0.25, 0.3) is 5.91 Å². The first kappa shape index (κ1) is 14.9. The Balaban J connectivity index is 2.31. The van der Waals surface area contributed by atoms with Gasteiger partial charge in [0.2, 0.25) is 0 Å². The van der Waals surface area contributed by atoms with Crippen molar-refractivity contribution in [3.63, 3.8) is 0 Å². The molecule has 2 aromatic rings. The van der Waals surface area contributed by atoms with Gasteiger partial charge < -0.3 is 10.3 Å². The van der Waals surface area contributed by atoms with Gasteiger partial charge in [-0.25, -0.2) is 10.8 Å². The van der Waals surface area contributed by atoms with Crippen molar-refractivity contribution >= 4 is 17.4 Å². The second-order valence-electron chi connectivity index (χ2n) is 4.70. The van der Waals surface area contributed by atoms with E-state index in [9.17, 15) is 4.79 Å². The van der Waals surface area contributed by atoms with E-state index in [-0.39, 0.29) is 5.91 Å². The van der Waals surface area contributed by atoms with Gasteiger partial charge in [0, 0.05) is 24.5 Å². The Morgan fingerprint density at radius 2 is 2.24 bits per heavy atom. The van der Waals surface area contributed by atoms with Crippen LogP contribution in [0, 0.1) is 0 Å². The monoisotopic (exact) mass is 285 g/mol. The lowest BCUT2D eigenvalue weighted by Crippen LogP contribution is -2.27. The highest BCUT2D eigenvalue weighted by Crippen LogP contribution is 2.17. The molecule has 6 heteroatoms. The minimum absolute atomic E-state index is 0.126. The summed E-state index contributed by atoms with van der Waals surface area (Å²) in [6.45, 7) is 2.06. The average molecular weight is 285 g/mol. The van der Waals surface area contributed by atoms with E-state index >= 15 is 0 Å². The van der Waals surface area contributed by atoms with Crippen LogP contribution in [0.2, 0.25) is 0 Å². The quantitative estimate of drug-likeness (QED) is 0.648. The maximum absolute atomic E-state index is 12.6. The number of hydrogen-bond donors (Lipinski definition) is 2. The fourth-order valence-corrected chi connectivity index (χ4v) is 2.03. The molecule has 110 valence electrons. The number of carbonyl (C=O) groups is 1. The first-order valence-electron chi connectivity index (χ1n) is 6.81. The smallest absolute Gasteiger partial charge is 0.258 e. The fourth-order valence-electron chi connectivity index (χ4n) is 2.03. The summed E-state index contributed by atoms with van der Waals surface area (Å²) in [5, 5.41) is 0. The Kier molecular flexibility index (Phi) is 4.84. The maximum atomic E-state index is 12.6. The molecule has 0 aliphatic rings. The SMILES string of the molecule is CCCc1cc(C(=O)N(C)c2cccnc2)cc(NN)n1. The van der Waals surface area contributed by atoms with Crippen molar-refractivity contribution in [2.45, 2.75) is 19.8 Å². The third kappa shape index (κ3) is 3.55. The number of aryl methyl sites for hydroxylation is 1. The highest BCUT2D eigenvalue weighted by atomic mass is 16.2. The summed E-state index contributed by atoms with van der Waals surface area (Å²) in [5.41, 5.74) is 4.63. The van der Waals surface area contributed by atoms with Crippen molar-refractivity contribution in [3.05, 3.63) is 47.9 Å². The first-order valence-corrected chi connectivity index (χ1v) is 6.81. The molecular formula is C15H19N5O. The number of amides is 1. The molecule has 0 saturated carbocycles. The number of anilines is 2. The van der Waals surface area contributed by atoms with E-state index in [2.05, 4.69) is 22.3 Å². The third-order valence-corrected chi connectivity index (χ3v) is 3.12. The minimum Gasteiger partial charge on any atom is -0.310 e. The molecule has 2 heterocycles. The van der Waals surface area contributed by atoms with Gasteiger partial charge in [-0.2, -0.15) is 0 Å². The summed E-state index contributed by atoms with van der Waals surface area (Å²) in [6, 6.07) is 7.08. The van der Waals surface area contributed by atoms with E-state index in [1.54, 1.807) is 42.5 Å². The van der Waals surface area contributed by atoms with Crippen LogP contribution in [-0.4, -0.2) is 22.9 Å². The molecule has 0 bridgehead atoms. The molecular weight excluding hydrogens is 266 g/mol. The molecule has 21 heavy (non-hydrogen) atoms. The third-order valence-electron chi connectivity index (χ3n) is 3.12. The number of nitrogens with one attached hydrogen (secondary N) is 1. The molecule has 3 N–H and O–H groups in total. The molecule has 0 fully saturated rings. The van der Waals surface area contributed by atoms with Crippen LogP contribution < -0.4 is 16.2 Å². The molecule has 0 aromatic carbocycles. The summed E-state index contributed by atoms with van der Waals surface area (Å²) in [5.74, 6) is 5.79. The van der Waals surface area contributed by atoms with Gasteiger partial charge in [-0.05, 0) is 30.7 Å². The van der Waals surface area contributed by atoms with Gasteiger partial charge in [-0.3, -0.25) is 9.78 Å². The lowest BCUT2D eigenvalue weighted by Gasteiger charge is -2.17. The summed E-state index contributed by atoms with van der Waals surface area (Å²) < 4.78 is 0. The van der Waals surface area contributed by atoms with Crippen molar-refractivity contribution < 1.29 is 4.79 Å². The Morgan fingerprint density at radius 3 is 2.86 bits per heavy atom. The van der Waals surface area contributed by atoms with Crippen LogP contribution in [0.1, 0.15) is 29.4 Å². The second-order valence-corrected chi connectivity index (χ2v) is 4.70. The average Bonchev–Trinajstić information content (AvgIpc) is 2.54. The van der Waals surface area contributed by atoms with Crippen molar-refractivity contribution in [1.29, 1.82) is 0 Å². The molecule has 0 unspecified atom stereocenters. The summed E-state index contributed by atoms with van der Waals surface area (Å²) in [4.78, 5) is 22.5. The highest BCUT2D eigenvalue weighted by Gasteiger charge is 2.15. The van der Waals surface area contributed by atoms with Crippen LogP contribution in [0.5, 0.6) is 0 Å². The molecule has 0 aliphatic carbocycles. The van der Waals surface area contributed by atoms with Gasteiger partial charge in [0.05, 0.1) is 11.9 Å². The largest absolute Gasteiger partial charge is 0.310 e. The number of nitrogens with two attached hydrogens (primary N) is 1. The van der Waals surface area contributed by atoms with Crippen molar-refractivity contribution in [2.75, 3.05) is 17.4 Å². The predicted octanol–water partition coefficient (Wildman–Crippen LogP) is 1.99. The van der Waals surface area contributed by atoms with Gasteiger partial charge >= 0.3 is 0 Å². The number of hydrazine groups is 1. The fraction of sp³-hybridized carbons (Fsp3) is 0.267. The van der Waals surface area contributed by atoms with E-state index in [0.717, 1.165) is 24.2 Å². The van der Waals surface area contributed by atoms with Crippen LogP contribution in [0.4, 0.5) is 11.5 Å². The van der Waals surface area contributed by atoms with Crippen LogP contribution in [0.25, 0.3) is 0 Å². The lowest BCUT2D eigenvalue weighted by molar-refractivity contribution is 0.0992. The maximum Gasteiger partial charge on any atom is 0.258 e. The Morgan fingerprint density at radius 1 is 1.43 bits per heavy atom. The predicted molar refractivity (Wildman–Crippen MR) is 83.0 cm³/mol. The van der Waals surface area contributed by atoms with E-state index in [1.807, 2.05) is 6.07 Å². The number of hydrogen-bond acceptors (Lipinski definition) is 5. The van der Waals surface area contributed by atoms with Crippen LogP contribution in [-0.2, 0) is 6.42 Å². The van der Waals surface area contributed by atoms with Crippen molar-refractivity contribution in [3.8, 4) is 0 Å². The zero-order chi connectivity index (χ0) is 15.2. The van der Waals surface area contributed by atoms with Gasteiger partial charge in [0.15, 0.2) is 0 Å². The summed E-state index contributed by atoms with van der Waals surface area (Å²) >= 11 is 0. The second kappa shape index (κ2) is 6.81. The molecule has 0 atom stereocenters. The van der Waals surface area contributed by atoms with E-state index in [1.165, 1.54) is 0 Å². The number of nitrogens with zero attached hydrogens (tertiary/aromatic N) is 3. The number of carbonyl (C=O) groups excluding carboxylic acids is 1. The number of aromatic nitrogens is 2. The minimum atomic E-state index is -0.126. The molecule has 1 amide bonds. The van der Waals surface area contributed by atoms with Crippen molar-refractivity contribution in [2.24, 2.45) is 5.84 Å². The van der Waals surface area contributed by atoms with Gasteiger partial charge in [-0.15, -0.1) is 0 Å². The zero-order valence-electron chi connectivity index (χ0n) is 12.2. The zero-order valence-corrected chi connectivity index (χ0v) is 12.2. The van der Waals surface area contributed by atoms with E-state index < -0.39 is 0 Å². The highest BCUT2D eigenvalue weighted by molar-refractivity contribution is 6.06. The summed E-state index contributed by atoms with van der Waals surface area (Å²) in [7, 11) is 1.72. The topological polar surface area (TPSA) is 84.1 Å². The molecule has 6 nitrogen and oxygen atoms in total. The number of pyridine rings is 2. The molecule has 0 aliphatic heterocycles. The van der Waals surface area contributed by atoms with E-state index in [4.69, 9.17) is 5.84 Å². The number of nitrogen functional groups attached to an aromatic ring is 1. The first-order chi connectivity index (χ1) is 10.2. The summed E-state index contributed by atoms with van der Waals surface area (Å²) in [6.07, 6.45) is 5.07. The Bertz CT molecular complexity index is 615. The molecule has 0 radical (unpaired) electrons. The van der Waals surface area contributed by atoms with Gasteiger partial charge in [-0.1, -0.05) is 13.3 Å². The molecule has 2 aromatic heterocycles. The van der Waals surface area contributed by atoms with E-state index in [0.29, 0.717) is 11.4 Å². The molecule has 2 rings (SSSR count). The molecule has 0 spiro atoms. The standard InChI is InChI=1S/C15H19N5O/c1-3-5-12-8-11(9-14(18-12)19-16)15(21)20(2)13-6-4-7-17-10-13/h4,6-10H,3,5,16H2,1-2H3,(H,18,19). The Hall–Kier alpha value is -2.47. The van der Waals surface area contributed by atoms with Crippen LogP contribution in [0.3, 0.4) is 0 Å². The normalized spacial score (nSPS) is 10.2. The van der Waals surface area contributed by atoms with Gasteiger partial charge in [0.1, 0.15) is 5.82 Å². The van der Waals surface area contributed by atoms with Crippen LogP contribution in [0.15, 0.2) is 36.7 Å². The molecule has 0 saturated heterocycles. The Labute approximate surface area is 124 Å². The number of rotatable bonds is 5. The van der Waals surface area contributed by atoms with Crippen LogP contribution >= 0.6 is 0 Å². The lowest BCUT2D eigenvalue weighted by atomic mass is 10.1.